The molecule has 180 valence electrons. The molecule has 3 nitrogen and oxygen atoms in total. The zero-order chi connectivity index (χ0) is 25.2. The van der Waals surface area contributed by atoms with Crippen molar-refractivity contribution in [1.29, 1.82) is 0 Å². The number of aromatic nitrogens is 1. The van der Waals surface area contributed by atoms with E-state index in [-0.39, 0.29) is 6.17 Å². The maximum atomic E-state index is 5.01. The highest BCUT2D eigenvalue weighted by molar-refractivity contribution is 5.78. The Morgan fingerprint density at radius 1 is 0.917 bits per heavy atom. The zero-order valence-corrected chi connectivity index (χ0v) is 21.4. The van der Waals surface area contributed by atoms with E-state index < -0.39 is 0 Å². The molecule has 0 saturated carbocycles. The third-order valence-electron chi connectivity index (χ3n) is 6.97. The lowest BCUT2D eigenvalue weighted by atomic mass is 9.99. The largest absolute Gasteiger partial charge is 0.362 e. The highest BCUT2D eigenvalue weighted by Crippen LogP contribution is 2.34. The van der Waals surface area contributed by atoms with Crippen molar-refractivity contribution in [3.8, 4) is 22.4 Å². The first-order valence-corrected chi connectivity index (χ1v) is 12.6. The molecular weight excluding hydrogens is 438 g/mol. The van der Waals surface area contributed by atoms with Gasteiger partial charge in [-0.15, -0.1) is 0 Å². The van der Waals surface area contributed by atoms with Crippen molar-refractivity contribution in [1.82, 2.24) is 4.98 Å². The van der Waals surface area contributed by atoms with Crippen molar-refractivity contribution < 1.29 is 0 Å². The average molecular weight is 472 g/mol. The summed E-state index contributed by atoms with van der Waals surface area (Å²) in [5.41, 5.74) is 12.8. The molecule has 0 bridgehead atoms. The third kappa shape index (κ3) is 4.70. The normalized spacial score (nSPS) is 14.0. The standard InChI is InChI=1S/C33H33N3/c1-6-24-9-8-23(19-25(24)7-2)20-31-34-30-18-22(5)32(36-33(30)35-31)29-16-14-28(15-17-29)27-12-10-26(11-13-27)21(3)4/h7-19,31,34H,2-3,6,20H2,1,4-5H3,(H,35,36). The van der Waals surface area contributed by atoms with Crippen molar-refractivity contribution in [2.45, 2.75) is 39.8 Å². The van der Waals surface area contributed by atoms with Crippen LogP contribution in [0.1, 0.15) is 41.7 Å². The fourth-order valence-corrected chi connectivity index (χ4v) is 4.90. The second-order valence-electron chi connectivity index (χ2n) is 9.62. The molecule has 0 fully saturated rings. The van der Waals surface area contributed by atoms with Crippen molar-refractivity contribution in [3.63, 3.8) is 0 Å². The van der Waals surface area contributed by atoms with Gasteiger partial charge in [-0.25, -0.2) is 4.98 Å². The van der Waals surface area contributed by atoms with E-state index in [1.54, 1.807) is 0 Å². The Bertz CT molecular complexity index is 1430. The van der Waals surface area contributed by atoms with Crippen LogP contribution in [0.4, 0.5) is 11.5 Å². The van der Waals surface area contributed by atoms with Gasteiger partial charge in [-0.2, -0.15) is 0 Å². The minimum absolute atomic E-state index is 0.108. The van der Waals surface area contributed by atoms with Crippen molar-refractivity contribution in [2.75, 3.05) is 10.6 Å². The molecule has 1 aromatic heterocycles. The van der Waals surface area contributed by atoms with Crippen LogP contribution in [-0.4, -0.2) is 11.1 Å². The predicted molar refractivity (Wildman–Crippen MR) is 155 cm³/mol. The van der Waals surface area contributed by atoms with E-state index in [4.69, 9.17) is 4.98 Å². The van der Waals surface area contributed by atoms with Crippen molar-refractivity contribution >= 4 is 23.2 Å². The average Bonchev–Trinajstić information content (AvgIpc) is 3.29. The van der Waals surface area contributed by atoms with Gasteiger partial charge in [0.05, 0.1) is 11.4 Å². The Morgan fingerprint density at radius 3 is 2.22 bits per heavy atom. The molecule has 0 amide bonds. The summed E-state index contributed by atoms with van der Waals surface area (Å²) in [5.74, 6) is 0.911. The molecular formula is C33H33N3. The van der Waals surface area contributed by atoms with Crippen LogP contribution in [0.25, 0.3) is 34.0 Å². The summed E-state index contributed by atoms with van der Waals surface area (Å²) in [4.78, 5) is 5.01. The topological polar surface area (TPSA) is 37.0 Å². The van der Waals surface area contributed by atoms with Gasteiger partial charge in [0, 0.05) is 12.0 Å². The van der Waals surface area contributed by atoms with Gasteiger partial charge in [-0.3, -0.25) is 0 Å². The lowest BCUT2D eigenvalue weighted by Gasteiger charge is -2.13. The molecule has 36 heavy (non-hydrogen) atoms. The lowest BCUT2D eigenvalue weighted by Crippen LogP contribution is -2.24. The smallest absolute Gasteiger partial charge is 0.151 e. The molecule has 2 heterocycles. The van der Waals surface area contributed by atoms with Gasteiger partial charge in [0.1, 0.15) is 6.17 Å². The Kier molecular flexibility index (Phi) is 6.47. The number of allylic oxidation sites excluding steroid dienone is 1. The van der Waals surface area contributed by atoms with Crippen LogP contribution in [0.5, 0.6) is 0 Å². The number of nitrogens with one attached hydrogen (secondary N) is 2. The summed E-state index contributed by atoms with van der Waals surface area (Å²) < 4.78 is 0. The fraction of sp³-hybridized carbons (Fsp3) is 0.182. The molecule has 1 aliphatic heterocycles. The first-order chi connectivity index (χ1) is 17.4. The zero-order valence-electron chi connectivity index (χ0n) is 21.4. The first-order valence-electron chi connectivity index (χ1n) is 12.6. The third-order valence-corrected chi connectivity index (χ3v) is 6.97. The lowest BCUT2D eigenvalue weighted by molar-refractivity contribution is 0.827. The van der Waals surface area contributed by atoms with Gasteiger partial charge in [-0.05, 0) is 65.3 Å². The minimum Gasteiger partial charge on any atom is -0.362 e. The van der Waals surface area contributed by atoms with Crippen molar-refractivity contribution in [3.05, 3.63) is 114 Å². The predicted octanol–water partition coefficient (Wildman–Crippen LogP) is 8.37. The SMILES string of the molecule is C=Cc1cc(CC2Nc3cc(C)c(-c4ccc(-c5ccc(C(=C)C)cc5)cc4)nc3N2)ccc1CC. The minimum atomic E-state index is 0.108. The quantitative estimate of drug-likeness (QED) is 0.284. The molecule has 0 spiro atoms. The molecule has 3 heteroatoms. The summed E-state index contributed by atoms with van der Waals surface area (Å²) >= 11 is 0. The van der Waals surface area contributed by atoms with Crippen LogP contribution in [0, 0.1) is 6.92 Å². The van der Waals surface area contributed by atoms with Crippen molar-refractivity contribution in [2.24, 2.45) is 0 Å². The number of pyridine rings is 1. The first kappa shape index (κ1) is 23.6. The Balaban J connectivity index is 1.33. The Hall–Kier alpha value is -4.11. The van der Waals surface area contributed by atoms with Crippen LogP contribution >= 0.6 is 0 Å². The van der Waals surface area contributed by atoms with E-state index in [0.717, 1.165) is 46.7 Å². The summed E-state index contributed by atoms with van der Waals surface area (Å²) in [6.07, 6.45) is 3.94. The van der Waals surface area contributed by atoms with Gasteiger partial charge in [0.15, 0.2) is 5.82 Å². The summed E-state index contributed by atoms with van der Waals surface area (Å²) in [6, 6.07) is 26.1. The number of aryl methyl sites for hydroxylation is 2. The van der Waals surface area contributed by atoms with Crippen LogP contribution < -0.4 is 10.6 Å². The molecule has 1 unspecified atom stereocenters. The van der Waals surface area contributed by atoms with Crippen LogP contribution in [0.3, 0.4) is 0 Å². The van der Waals surface area contributed by atoms with E-state index in [1.165, 1.54) is 33.4 Å². The van der Waals surface area contributed by atoms with E-state index in [9.17, 15) is 0 Å². The molecule has 0 aliphatic carbocycles. The maximum Gasteiger partial charge on any atom is 0.151 e. The number of nitrogens with zero attached hydrogens (tertiary/aromatic N) is 1. The number of benzene rings is 3. The number of anilines is 2. The molecule has 1 aliphatic rings. The second kappa shape index (κ2) is 9.87. The van der Waals surface area contributed by atoms with Crippen LogP contribution in [0.15, 0.2) is 86.0 Å². The van der Waals surface area contributed by atoms with E-state index >= 15 is 0 Å². The van der Waals surface area contributed by atoms with Gasteiger partial charge >= 0.3 is 0 Å². The number of hydrogen-bond acceptors (Lipinski definition) is 3. The van der Waals surface area contributed by atoms with Gasteiger partial charge in [-0.1, -0.05) is 98.5 Å². The van der Waals surface area contributed by atoms with E-state index in [1.807, 2.05) is 13.0 Å². The number of hydrogen-bond donors (Lipinski definition) is 2. The summed E-state index contributed by atoms with van der Waals surface area (Å²) in [7, 11) is 0. The molecule has 0 saturated heterocycles. The Morgan fingerprint density at radius 2 is 1.58 bits per heavy atom. The molecule has 0 radical (unpaired) electrons. The molecule has 1 atom stereocenters. The highest BCUT2D eigenvalue weighted by Gasteiger charge is 2.23. The van der Waals surface area contributed by atoms with Gasteiger partial charge in [0.25, 0.3) is 0 Å². The van der Waals surface area contributed by atoms with Gasteiger partial charge in [0.2, 0.25) is 0 Å². The highest BCUT2D eigenvalue weighted by atomic mass is 15.2. The summed E-state index contributed by atoms with van der Waals surface area (Å²) in [6.45, 7) is 14.3. The number of rotatable bonds is 7. The summed E-state index contributed by atoms with van der Waals surface area (Å²) in [5, 5.41) is 7.19. The van der Waals surface area contributed by atoms with Crippen LogP contribution in [-0.2, 0) is 12.8 Å². The van der Waals surface area contributed by atoms with E-state index in [0.29, 0.717) is 0 Å². The maximum absolute atomic E-state index is 5.01. The number of fused-ring (bicyclic) bond motifs is 1. The monoisotopic (exact) mass is 471 g/mol. The molecule has 2 N–H and O–H groups in total. The van der Waals surface area contributed by atoms with E-state index in [2.05, 4.69) is 110 Å². The Labute approximate surface area is 214 Å². The fourth-order valence-electron chi connectivity index (χ4n) is 4.90. The molecule has 5 rings (SSSR count). The van der Waals surface area contributed by atoms with Crippen LogP contribution in [0.2, 0.25) is 0 Å². The second-order valence-corrected chi connectivity index (χ2v) is 9.62. The molecule has 4 aromatic rings. The van der Waals surface area contributed by atoms with Gasteiger partial charge < -0.3 is 10.6 Å². The molecule has 3 aromatic carbocycles.